The number of H-pyrrole nitrogens is 1. The largest absolute Gasteiger partial charge is 0.416 e. The molecule has 0 bridgehead atoms. The Hall–Kier alpha value is -3.03. The van der Waals surface area contributed by atoms with E-state index in [0.717, 1.165) is 66.9 Å². The molecule has 1 aliphatic rings. The fraction of sp³-hybridized carbons (Fsp3) is 0.391. The highest BCUT2D eigenvalue weighted by molar-refractivity contribution is 5.94. The van der Waals surface area contributed by atoms with Crippen molar-refractivity contribution in [3.63, 3.8) is 0 Å². The summed E-state index contributed by atoms with van der Waals surface area (Å²) in [4.78, 5) is 20.0. The number of hydrogen-bond acceptors (Lipinski definition) is 3. The fourth-order valence-corrected chi connectivity index (χ4v) is 4.13. The quantitative estimate of drug-likeness (QED) is 0.515. The highest BCUT2D eigenvalue weighted by Gasteiger charge is 2.31. The van der Waals surface area contributed by atoms with Gasteiger partial charge in [-0.25, -0.2) is 4.98 Å². The maximum absolute atomic E-state index is 12.9. The van der Waals surface area contributed by atoms with Crippen molar-refractivity contribution in [3.8, 4) is 0 Å². The van der Waals surface area contributed by atoms with Crippen LogP contribution in [-0.2, 0) is 6.18 Å². The number of anilines is 1. The van der Waals surface area contributed by atoms with Crippen LogP contribution in [0.15, 0.2) is 42.5 Å². The third-order valence-corrected chi connectivity index (χ3v) is 5.83. The van der Waals surface area contributed by atoms with Crippen LogP contribution < -0.4 is 10.6 Å². The normalized spacial score (nSPS) is 19.4. The van der Waals surface area contributed by atoms with Crippen LogP contribution in [0, 0.1) is 12.8 Å². The molecule has 0 saturated heterocycles. The van der Waals surface area contributed by atoms with E-state index in [-0.39, 0.29) is 11.6 Å². The summed E-state index contributed by atoms with van der Waals surface area (Å²) >= 11 is 0. The van der Waals surface area contributed by atoms with Crippen LogP contribution in [0.2, 0.25) is 0 Å². The van der Waals surface area contributed by atoms with Gasteiger partial charge in [0.1, 0.15) is 5.82 Å². The number of fused-ring (bicyclic) bond motifs is 1. The average molecular weight is 430 g/mol. The second-order valence-corrected chi connectivity index (χ2v) is 8.20. The Labute approximate surface area is 178 Å². The van der Waals surface area contributed by atoms with Crippen LogP contribution in [0.4, 0.5) is 18.9 Å². The second-order valence-electron chi connectivity index (χ2n) is 8.20. The van der Waals surface area contributed by atoms with Gasteiger partial charge >= 0.3 is 6.18 Å². The van der Waals surface area contributed by atoms with Crippen molar-refractivity contribution in [2.45, 2.75) is 44.8 Å². The first kappa shape index (κ1) is 21.2. The molecule has 0 unspecified atom stereocenters. The maximum Gasteiger partial charge on any atom is 0.416 e. The molecule has 0 aliphatic heterocycles. The Morgan fingerprint density at radius 3 is 2.65 bits per heavy atom. The third kappa shape index (κ3) is 5.18. The molecule has 5 nitrogen and oxygen atoms in total. The predicted octanol–water partition coefficient (Wildman–Crippen LogP) is 5.29. The molecular weight excluding hydrogens is 405 g/mol. The van der Waals surface area contributed by atoms with Crippen molar-refractivity contribution in [2.75, 3.05) is 11.9 Å². The van der Waals surface area contributed by atoms with Gasteiger partial charge in [-0.3, -0.25) is 4.79 Å². The lowest BCUT2D eigenvalue weighted by molar-refractivity contribution is -0.137. The summed E-state index contributed by atoms with van der Waals surface area (Å²) in [5, 5.41) is 6.37. The van der Waals surface area contributed by atoms with Gasteiger partial charge in [0, 0.05) is 23.8 Å². The zero-order valence-electron chi connectivity index (χ0n) is 17.2. The van der Waals surface area contributed by atoms with Crippen molar-refractivity contribution in [3.05, 3.63) is 59.4 Å². The number of halogens is 3. The molecule has 164 valence electrons. The van der Waals surface area contributed by atoms with Crippen LogP contribution in [0.1, 0.15) is 47.4 Å². The molecule has 2 aromatic carbocycles. The summed E-state index contributed by atoms with van der Waals surface area (Å²) in [6.45, 7) is 2.77. The molecule has 1 aliphatic carbocycles. The van der Waals surface area contributed by atoms with Crippen LogP contribution in [0.5, 0.6) is 0 Å². The second kappa shape index (κ2) is 8.61. The van der Waals surface area contributed by atoms with E-state index in [9.17, 15) is 18.0 Å². The number of carbonyl (C=O) groups excluding carboxylic acids is 1. The number of alkyl halides is 3. The molecule has 1 aromatic heterocycles. The Bertz CT molecular complexity index is 1070. The summed E-state index contributed by atoms with van der Waals surface area (Å²) in [5.74, 6) is 0.925. The third-order valence-electron chi connectivity index (χ3n) is 5.83. The van der Waals surface area contributed by atoms with Gasteiger partial charge < -0.3 is 15.6 Å². The maximum atomic E-state index is 12.9. The minimum absolute atomic E-state index is 0.0115. The number of benzene rings is 2. The Morgan fingerprint density at radius 2 is 1.90 bits per heavy atom. The molecule has 1 saturated carbocycles. The molecule has 0 radical (unpaired) electrons. The van der Waals surface area contributed by atoms with Gasteiger partial charge in [-0.1, -0.05) is 6.07 Å². The highest BCUT2D eigenvalue weighted by atomic mass is 19.4. The summed E-state index contributed by atoms with van der Waals surface area (Å²) in [6.07, 6.45) is -0.925. The van der Waals surface area contributed by atoms with Crippen LogP contribution in [-0.4, -0.2) is 28.5 Å². The molecule has 4 rings (SSSR count). The number of aromatic nitrogens is 2. The minimum atomic E-state index is -4.46. The summed E-state index contributed by atoms with van der Waals surface area (Å²) in [5.41, 5.74) is 2.22. The summed E-state index contributed by atoms with van der Waals surface area (Å²) < 4.78 is 38.6. The Kier molecular flexibility index (Phi) is 5.89. The van der Waals surface area contributed by atoms with E-state index in [4.69, 9.17) is 0 Å². The molecule has 0 atom stereocenters. The molecule has 3 aromatic rings. The average Bonchev–Trinajstić information content (AvgIpc) is 3.12. The fourth-order valence-electron chi connectivity index (χ4n) is 4.13. The highest BCUT2D eigenvalue weighted by Crippen LogP contribution is 2.30. The topological polar surface area (TPSA) is 69.8 Å². The van der Waals surface area contributed by atoms with E-state index >= 15 is 0 Å². The van der Waals surface area contributed by atoms with E-state index in [1.165, 1.54) is 12.1 Å². The zero-order valence-corrected chi connectivity index (χ0v) is 17.2. The van der Waals surface area contributed by atoms with Crippen LogP contribution in [0.25, 0.3) is 11.0 Å². The molecule has 1 heterocycles. The van der Waals surface area contributed by atoms with Crippen molar-refractivity contribution in [1.82, 2.24) is 15.3 Å². The number of hydrogen-bond donors (Lipinski definition) is 3. The summed E-state index contributed by atoms with van der Waals surface area (Å²) in [7, 11) is 0. The van der Waals surface area contributed by atoms with Gasteiger partial charge in [0.2, 0.25) is 0 Å². The first-order valence-corrected chi connectivity index (χ1v) is 10.5. The van der Waals surface area contributed by atoms with Gasteiger partial charge in [0.15, 0.2) is 0 Å². The first-order chi connectivity index (χ1) is 14.8. The molecule has 1 fully saturated rings. The monoisotopic (exact) mass is 430 g/mol. The number of carbonyl (C=O) groups is 1. The Morgan fingerprint density at radius 1 is 1.13 bits per heavy atom. The Balaban J connectivity index is 1.26. The predicted molar refractivity (Wildman–Crippen MR) is 114 cm³/mol. The van der Waals surface area contributed by atoms with Gasteiger partial charge in [-0.2, -0.15) is 13.2 Å². The molecule has 8 heteroatoms. The number of rotatable bonds is 5. The van der Waals surface area contributed by atoms with Crippen LogP contribution in [0.3, 0.4) is 0 Å². The van der Waals surface area contributed by atoms with E-state index in [0.29, 0.717) is 5.92 Å². The number of aryl methyl sites for hydroxylation is 1. The lowest BCUT2D eigenvalue weighted by Gasteiger charge is -2.29. The van der Waals surface area contributed by atoms with Gasteiger partial charge in [0.05, 0.1) is 16.6 Å². The minimum Gasteiger partial charge on any atom is -0.385 e. The summed E-state index contributed by atoms with van der Waals surface area (Å²) in [6, 6.07) is 10.6. The van der Waals surface area contributed by atoms with Gasteiger partial charge in [-0.15, -0.1) is 0 Å². The number of nitrogens with zero attached hydrogens (tertiary/aromatic N) is 1. The van der Waals surface area contributed by atoms with E-state index in [1.54, 1.807) is 0 Å². The number of imidazole rings is 1. The molecule has 0 spiro atoms. The SMILES string of the molecule is Cc1nc2ccc(NCC3CCC(NC(=O)c4cccc(C(F)(F)F)c4)CC3)cc2[nH]1. The smallest absolute Gasteiger partial charge is 0.385 e. The number of aromatic amines is 1. The van der Waals surface area contributed by atoms with E-state index in [2.05, 4.69) is 26.7 Å². The first-order valence-electron chi connectivity index (χ1n) is 10.5. The van der Waals surface area contributed by atoms with Crippen LogP contribution >= 0.6 is 0 Å². The molecular formula is C23H25F3N4O. The van der Waals surface area contributed by atoms with Crippen molar-refractivity contribution >= 4 is 22.6 Å². The van der Waals surface area contributed by atoms with Crippen molar-refractivity contribution < 1.29 is 18.0 Å². The van der Waals surface area contributed by atoms with Gasteiger partial charge in [-0.05, 0) is 74.9 Å². The van der Waals surface area contributed by atoms with Crippen molar-refractivity contribution in [2.24, 2.45) is 5.92 Å². The molecule has 3 N–H and O–H groups in total. The molecule has 1 amide bonds. The van der Waals surface area contributed by atoms with E-state index in [1.807, 2.05) is 19.1 Å². The standard InChI is InChI=1S/C23H25F3N4O/c1-14-28-20-10-9-19(12-21(20)29-14)27-13-15-5-7-18(8-6-15)30-22(31)16-3-2-4-17(11-16)23(24,25)26/h2-4,9-12,15,18,27H,5-8,13H2,1H3,(H,28,29)(H,30,31). The van der Waals surface area contributed by atoms with Gasteiger partial charge in [0.25, 0.3) is 5.91 Å². The molecule has 31 heavy (non-hydrogen) atoms. The number of nitrogens with one attached hydrogen (secondary N) is 3. The zero-order chi connectivity index (χ0) is 22.0. The lowest BCUT2D eigenvalue weighted by Crippen LogP contribution is -2.38. The van der Waals surface area contributed by atoms with E-state index < -0.39 is 17.6 Å². The van der Waals surface area contributed by atoms with Crippen molar-refractivity contribution in [1.29, 1.82) is 0 Å². The number of amides is 1. The lowest BCUT2D eigenvalue weighted by atomic mass is 9.86.